The molecule has 224 valence electrons. The van der Waals surface area contributed by atoms with Gasteiger partial charge in [0.25, 0.3) is 0 Å². The molecule has 0 aliphatic rings. The maximum atomic E-state index is 2.41. The maximum Gasteiger partial charge on any atom is 0.0476 e. The van der Waals surface area contributed by atoms with E-state index in [9.17, 15) is 0 Å². The van der Waals surface area contributed by atoms with Crippen molar-refractivity contribution in [1.29, 1.82) is 0 Å². The molecule has 9 aromatic carbocycles. The van der Waals surface area contributed by atoms with Crippen molar-refractivity contribution in [2.24, 2.45) is 0 Å². The molecular formula is C46H29NS. The molecule has 10 aromatic rings. The Bertz CT molecular complexity index is 2840. The molecular weight excluding hydrogens is 599 g/mol. The van der Waals surface area contributed by atoms with Gasteiger partial charge in [-0.1, -0.05) is 133 Å². The van der Waals surface area contributed by atoms with Crippen molar-refractivity contribution in [1.82, 2.24) is 0 Å². The van der Waals surface area contributed by atoms with Gasteiger partial charge >= 0.3 is 0 Å². The Kier molecular flexibility index (Phi) is 6.12. The molecule has 0 unspecified atom stereocenters. The van der Waals surface area contributed by atoms with E-state index in [1.54, 1.807) is 0 Å². The number of fused-ring (bicyclic) bond motifs is 9. The molecule has 0 amide bonds. The van der Waals surface area contributed by atoms with E-state index in [0.29, 0.717) is 0 Å². The first kappa shape index (κ1) is 27.2. The lowest BCUT2D eigenvalue weighted by molar-refractivity contribution is 1.30. The van der Waals surface area contributed by atoms with Crippen LogP contribution in [-0.2, 0) is 0 Å². The average molecular weight is 628 g/mol. The summed E-state index contributed by atoms with van der Waals surface area (Å²) in [6.07, 6.45) is 0. The molecule has 0 aliphatic carbocycles. The SMILES string of the molecule is c1ccc2c(c1)ccc1ccc(N(c3ccc(-c4cccc5c4ccc4ccccc45)cc3)c3ccc4c(c3)sc3ccccc34)cc12. The van der Waals surface area contributed by atoms with Crippen LogP contribution in [0.25, 0.3) is 74.4 Å². The first-order chi connectivity index (χ1) is 23.8. The third-order valence-corrected chi connectivity index (χ3v) is 11.0. The number of rotatable bonds is 4. The smallest absolute Gasteiger partial charge is 0.0476 e. The highest BCUT2D eigenvalue weighted by atomic mass is 32.1. The molecule has 0 N–H and O–H groups in total. The molecule has 1 nitrogen and oxygen atoms in total. The zero-order chi connectivity index (χ0) is 31.6. The second-order valence-corrected chi connectivity index (χ2v) is 13.6. The Morgan fingerprint density at radius 3 is 1.67 bits per heavy atom. The minimum Gasteiger partial charge on any atom is -0.310 e. The van der Waals surface area contributed by atoms with Gasteiger partial charge in [-0.25, -0.2) is 0 Å². The van der Waals surface area contributed by atoms with Gasteiger partial charge in [-0.15, -0.1) is 11.3 Å². The third-order valence-electron chi connectivity index (χ3n) is 9.83. The van der Waals surface area contributed by atoms with Gasteiger partial charge < -0.3 is 4.90 Å². The zero-order valence-corrected chi connectivity index (χ0v) is 26.9. The van der Waals surface area contributed by atoms with Crippen LogP contribution in [0, 0.1) is 0 Å². The van der Waals surface area contributed by atoms with Crippen LogP contribution in [0.5, 0.6) is 0 Å². The largest absolute Gasteiger partial charge is 0.310 e. The monoisotopic (exact) mass is 627 g/mol. The lowest BCUT2D eigenvalue weighted by Gasteiger charge is -2.26. The van der Waals surface area contributed by atoms with Gasteiger partial charge in [0.05, 0.1) is 0 Å². The van der Waals surface area contributed by atoms with Crippen molar-refractivity contribution in [2.45, 2.75) is 0 Å². The highest BCUT2D eigenvalue weighted by molar-refractivity contribution is 7.25. The number of hydrogen-bond donors (Lipinski definition) is 0. The van der Waals surface area contributed by atoms with E-state index in [1.165, 1.54) is 74.4 Å². The summed E-state index contributed by atoms with van der Waals surface area (Å²) in [7, 11) is 0. The minimum absolute atomic E-state index is 1.13. The van der Waals surface area contributed by atoms with Gasteiger partial charge in [-0.05, 0) is 96.7 Å². The quantitative estimate of drug-likeness (QED) is 0.176. The van der Waals surface area contributed by atoms with E-state index in [4.69, 9.17) is 0 Å². The second-order valence-electron chi connectivity index (χ2n) is 12.5. The Balaban J connectivity index is 1.15. The highest BCUT2D eigenvalue weighted by Crippen LogP contribution is 2.42. The number of nitrogens with zero attached hydrogens (tertiary/aromatic N) is 1. The van der Waals surface area contributed by atoms with Gasteiger partial charge in [0.2, 0.25) is 0 Å². The Hall–Kier alpha value is -5.96. The van der Waals surface area contributed by atoms with Crippen LogP contribution in [0.1, 0.15) is 0 Å². The Labute approximate surface area is 282 Å². The van der Waals surface area contributed by atoms with Gasteiger partial charge in [0.15, 0.2) is 0 Å². The summed E-state index contributed by atoms with van der Waals surface area (Å²) in [5.74, 6) is 0. The van der Waals surface area contributed by atoms with Crippen molar-refractivity contribution in [2.75, 3.05) is 4.90 Å². The summed E-state index contributed by atoms with van der Waals surface area (Å²) < 4.78 is 2.62. The lowest BCUT2D eigenvalue weighted by atomic mass is 9.94. The number of thiophene rings is 1. The van der Waals surface area contributed by atoms with Gasteiger partial charge in [-0.2, -0.15) is 0 Å². The normalized spacial score (nSPS) is 11.8. The average Bonchev–Trinajstić information content (AvgIpc) is 3.53. The summed E-state index contributed by atoms with van der Waals surface area (Å²) in [6, 6.07) is 64.6. The fourth-order valence-corrected chi connectivity index (χ4v) is 8.65. The van der Waals surface area contributed by atoms with Crippen LogP contribution < -0.4 is 4.90 Å². The molecule has 1 aromatic heterocycles. The molecule has 0 spiro atoms. The highest BCUT2D eigenvalue weighted by Gasteiger charge is 2.17. The molecule has 48 heavy (non-hydrogen) atoms. The van der Waals surface area contributed by atoms with Crippen molar-refractivity contribution in [3.8, 4) is 11.1 Å². The fraction of sp³-hybridized carbons (Fsp3) is 0. The summed E-state index contributed by atoms with van der Waals surface area (Å²) in [4.78, 5) is 2.41. The number of anilines is 3. The zero-order valence-electron chi connectivity index (χ0n) is 26.1. The molecule has 0 atom stereocenters. The van der Waals surface area contributed by atoms with Crippen molar-refractivity contribution in [3.63, 3.8) is 0 Å². The predicted molar refractivity (Wildman–Crippen MR) is 209 cm³/mol. The topological polar surface area (TPSA) is 3.24 Å². The van der Waals surface area contributed by atoms with E-state index in [0.717, 1.165) is 17.1 Å². The number of benzene rings is 9. The van der Waals surface area contributed by atoms with Crippen molar-refractivity contribution >= 4 is 91.7 Å². The van der Waals surface area contributed by atoms with Gasteiger partial charge in [0.1, 0.15) is 0 Å². The minimum atomic E-state index is 1.13. The molecule has 0 bridgehead atoms. The van der Waals surface area contributed by atoms with Crippen LogP contribution in [0.15, 0.2) is 176 Å². The first-order valence-corrected chi connectivity index (χ1v) is 17.2. The Morgan fingerprint density at radius 2 is 0.854 bits per heavy atom. The standard InChI is InChI=1S/C46H29NS/c1-3-10-37-31(9-1)21-26-41-38(13-7-14-40(37)41)32-18-22-34(23-19-32)47(36-25-27-43-42-12-5-6-15-45(42)48-46(43)29-36)35-24-20-33-17-16-30-8-2-4-11-39(30)44(33)28-35/h1-29H. The molecule has 0 fully saturated rings. The van der Waals surface area contributed by atoms with Crippen LogP contribution in [-0.4, -0.2) is 0 Å². The lowest BCUT2D eigenvalue weighted by Crippen LogP contribution is -2.09. The van der Waals surface area contributed by atoms with Crippen LogP contribution in [0.3, 0.4) is 0 Å². The molecule has 0 saturated heterocycles. The summed E-state index contributed by atoms with van der Waals surface area (Å²) in [5.41, 5.74) is 5.88. The molecule has 0 saturated carbocycles. The van der Waals surface area contributed by atoms with Crippen LogP contribution in [0.4, 0.5) is 17.1 Å². The summed E-state index contributed by atoms with van der Waals surface area (Å²) in [6.45, 7) is 0. The van der Waals surface area contributed by atoms with E-state index in [1.807, 2.05) is 11.3 Å². The summed E-state index contributed by atoms with van der Waals surface area (Å²) in [5, 5.41) is 12.8. The molecule has 1 heterocycles. The van der Waals surface area contributed by atoms with Crippen LogP contribution >= 0.6 is 11.3 Å². The predicted octanol–water partition coefficient (Wildman–Crippen LogP) is 13.8. The third kappa shape index (κ3) is 4.31. The van der Waals surface area contributed by atoms with Crippen molar-refractivity contribution < 1.29 is 0 Å². The maximum absolute atomic E-state index is 2.41. The van der Waals surface area contributed by atoms with E-state index >= 15 is 0 Å². The molecule has 10 rings (SSSR count). The number of hydrogen-bond acceptors (Lipinski definition) is 2. The second kappa shape index (κ2) is 10.8. The van der Waals surface area contributed by atoms with E-state index < -0.39 is 0 Å². The van der Waals surface area contributed by atoms with Gasteiger partial charge in [0, 0.05) is 37.2 Å². The fourth-order valence-electron chi connectivity index (χ4n) is 7.51. The van der Waals surface area contributed by atoms with Gasteiger partial charge in [-0.3, -0.25) is 0 Å². The van der Waals surface area contributed by atoms with Crippen molar-refractivity contribution in [3.05, 3.63) is 176 Å². The van der Waals surface area contributed by atoms with Crippen LogP contribution in [0.2, 0.25) is 0 Å². The molecule has 0 radical (unpaired) electrons. The Morgan fingerprint density at radius 1 is 0.312 bits per heavy atom. The summed E-state index contributed by atoms with van der Waals surface area (Å²) >= 11 is 1.86. The molecule has 2 heteroatoms. The molecule has 0 aliphatic heterocycles. The first-order valence-electron chi connectivity index (χ1n) is 16.4. The van der Waals surface area contributed by atoms with E-state index in [2.05, 4.69) is 181 Å². The van der Waals surface area contributed by atoms with E-state index in [-0.39, 0.29) is 0 Å².